The molecule has 0 N–H and O–H groups in total. The Morgan fingerprint density at radius 2 is 1.83 bits per heavy atom. The number of aryl methyl sites for hydroxylation is 1. The minimum atomic E-state index is 1.05. The molecule has 1 nitrogen and oxygen atoms in total. The highest BCUT2D eigenvalue weighted by molar-refractivity contribution is 5.68. The Kier molecular flexibility index (Phi) is 1.71. The summed E-state index contributed by atoms with van der Waals surface area (Å²) >= 11 is 0. The van der Waals surface area contributed by atoms with Crippen LogP contribution in [0.4, 0.5) is 0 Å². The molecule has 0 atom stereocenters. The molecule has 0 aromatic heterocycles. The van der Waals surface area contributed by atoms with Crippen molar-refractivity contribution in [2.45, 2.75) is 6.92 Å². The van der Waals surface area contributed by atoms with Gasteiger partial charge >= 0.3 is 0 Å². The first-order valence-corrected chi connectivity index (χ1v) is 4.01. The lowest BCUT2D eigenvalue weighted by atomic mass is 10.1. The van der Waals surface area contributed by atoms with E-state index in [-0.39, 0.29) is 0 Å². The Labute approximate surface area is 72.4 Å². The van der Waals surface area contributed by atoms with E-state index in [1.165, 1.54) is 11.1 Å². The zero-order valence-electron chi connectivity index (χ0n) is 6.99. The summed E-state index contributed by atoms with van der Waals surface area (Å²) in [6, 6.07) is 8.39. The quantitative estimate of drug-likeness (QED) is 0.593. The van der Waals surface area contributed by atoms with Crippen molar-refractivity contribution in [3.8, 4) is 0 Å². The second-order valence-electron chi connectivity index (χ2n) is 2.89. The van der Waals surface area contributed by atoms with Crippen LogP contribution in [-0.4, -0.2) is 0 Å². The van der Waals surface area contributed by atoms with Crippen molar-refractivity contribution in [2.75, 3.05) is 0 Å². The average molecular weight is 156 g/mol. The third-order valence-electron chi connectivity index (χ3n) is 1.90. The zero-order valence-corrected chi connectivity index (χ0v) is 6.99. The SMILES string of the molecule is Cc1ccc(C2=CC=C[N]2)cc1. The highest BCUT2D eigenvalue weighted by Gasteiger charge is 2.02. The molecular weight excluding hydrogens is 146 g/mol. The molecule has 0 aliphatic carbocycles. The van der Waals surface area contributed by atoms with E-state index in [4.69, 9.17) is 0 Å². The number of hydrogen-bond acceptors (Lipinski definition) is 0. The van der Waals surface area contributed by atoms with Crippen molar-refractivity contribution in [1.29, 1.82) is 0 Å². The number of hydrogen-bond donors (Lipinski definition) is 0. The monoisotopic (exact) mass is 156 g/mol. The first kappa shape index (κ1) is 7.17. The van der Waals surface area contributed by atoms with Crippen LogP contribution in [0.1, 0.15) is 11.1 Å². The van der Waals surface area contributed by atoms with Gasteiger partial charge in [0.2, 0.25) is 0 Å². The van der Waals surface area contributed by atoms with Crippen LogP contribution in [0, 0.1) is 6.92 Å². The molecule has 1 heteroatoms. The minimum absolute atomic E-state index is 1.05. The maximum Gasteiger partial charge on any atom is 0.0702 e. The van der Waals surface area contributed by atoms with Crippen molar-refractivity contribution in [3.63, 3.8) is 0 Å². The summed E-state index contributed by atoms with van der Waals surface area (Å²) in [7, 11) is 0. The van der Waals surface area contributed by atoms with Crippen LogP contribution in [0.2, 0.25) is 0 Å². The van der Waals surface area contributed by atoms with Gasteiger partial charge in [0, 0.05) is 11.8 Å². The lowest BCUT2D eigenvalue weighted by Gasteiger charge is -2.00. The van der Waals surface area contributed by atoms with Gasteiger partial charge in [0.25, 0.3) is 0 Å². The molecule has 1 aromatic rings. The zero-order chi connectivity index (χ0) is 8.39. The molecule has 0 fully saturated rings. The predicted molar refractivity (Wildman–Crippen MR) is 50.4 cm³/mol. The molecular formula is C11H10N. The maximum absolute atomic E-state index is 4.22. The molecule has 1 aliphatic heterocycles. The normalized spacial score (nSPS) is 14.2. The van der Waals surface area contributed by atoms with Crippen LogP contribution in [0.3, 0.4) is 0 Å². The molecule has 2 rings (SSSR count). The van der Waals surface area contributed by atoms with Crippen molar-refractivity contribution >= 4 is 5.70 Å². The summed E-state index contributed by atoms with van der Waals surface area (Å²) in [5, 5.41) is 4.22. The van der Waals surface area contributed by atoms with E-state index < -0.39 is 0 Å². The average Bonchev–Trinajstić information content (AvgIpc) is 2.58. The van der Waals surface area contributed by atoms with Crippen molar-refractivity contribution in [3.05, 3.63) is 53.7 Å². The van der Waals surface area contributed by atoms with E-state index in [1.54, 1.807) is 0 Å². The van der Waals surface area contributed by atoms with Crippen LogP contribution in [0.5, 0.6) is 0 Å². The van der Waals surface area contributed by atoms with Crippen LogP contribution in [0.15, 0.2) is 42.6 Å². The van der Waals surface area contributed by atoms with Gasteiger partial charge in [-0.25, -0.2) is 0 Å². The van der Waals surface area contributed by atoms with E-state index in [0.29, 0.717) is 0 Å². The summed E-state index contributed by atoms with van der Waals surface area (Å²) in [6.45, 7) is 2.09. The van der Waals surface area contributed by atoms with Gasteiger partial charge in [-0.1, -0.05) is 29.8 Å². The lowest BCUT2D eigenvalue weighted by Crippen LogP contribution is -1.91. The Hall–Kier alpha value is -1.50. The Bertz CT molecular complexity index is 331. The highest BCUT2D eigenvalue weighted by atomic mass is 14.9. The highest BCUT2D eigenvalue weighted by Crippen LogP contribution is 2.16. The fourth-order valence-electron chi connectivity index (χ4n) is 1.20. The fraction of sp³-hybridized carbons (Fsp3) is 0.0909. The smallest absolute Gasteiger partial charge is 0.0702 e. The molecule has 1 aromatic carbocycles. The van der Waals surface area contributed by atoms with Gasteiger partial charge in [0.1, 0.15) is 0 Å². The molecule has 0 saturated carbocycles. The molecule has 1 heterocycles. The predicted octanol–water partition coefficient (Wildman–Crippen LogP) is 2.47. The first-order chi connectivity index (χ1) is 5.86. The molecule has 59 valence electrons. The molecule has 0 unspecified atom stereocenters. The lowest BCUT2D eigenvalue weighted by molar-refractivity contribution is 1.22. The Balaban J connectivity index is 2.30. The van der Waals surface area contributed by atoms with Gasteiger partial charge < -0.3 is 0 Å². The van der Waals surface area contributed by atoms with Crippen LogP contribution < -0.4 is 5.32 Å². The molecule has 1 radical (unpaired) electrons. The van der Waals surface area contributed by atoms with Gasteiger partial charge in [0.05, 0.1) is 5.70 Å². The van der Waals surface area contributed by atoms with Crippen molar-refractivity contribution in [2.24, 2.45) is 0 Å². The second-order valence-corrected chi connectivity index (χ2v) is 2.89. The van der Waals surface area contributed by atoms with Crippen molar-refractivity contribution in [1.82, 2.24) is 5.32 Å². The van der Waals surface area contributed by atoms with E-state index in [1.807, 2.05) is 18.4 Å². The summed E-state index contributed by atoms with van der Waals surface area (Å²) in [6.07, 6.45) is 5.79. The largest absolute Gasteiger partial charge is 0.256 e. The summed E-state index contributed by atoms with van der Waals surface area (Å²) in [5.41, 5.74) is 3.52. The third kappa shape index (κ3) is 1.26. The molecule has 12 heavy (non-hydrogen) atoms. The Morgan fingerprint density at radius 1 is 1.08 bits per heavy atom. The maximum atomic E-state index is 4.22. The fourth-order valence-corrected chi connectivity index (χ4v) is 1.20. The minimum Gasteiger partial charge on any atom is -0.256 e. The van der Waals surface area contributed by atoms with Gasteiger partial charge in [-0.2, -0.15) is 0 Å². The number of benzene rings is 1. The number of nitrogens with zero attached hydrogens (tertiary/aromatic N) is 1. The van der Waals surface area contributed by atoms with Gasteiger partial charge in [-0.05, 0) is 19.1 Å². The summed E-state index contributed by atoms with van der Waals surface area (Å²) in [5.74, 6) is 0. The van der Waals surface area contributed by atoms with E-state index in [0.717, 1.165) is 5.70 Å². The summed E-state index contributed by atoms with van der Waals surface area (Å²) in [4.78, 5) is 0. The number of allylic oxidation sites excluding steroid dienone is 2. The third-order valence-corrected chi connectivity index (χ3v) is 1.90. The second kappa shape index (κ2) is 2.86. The topological polar surface area (TPSA) is 14.1 Å². The van der Waals surface area contributed by atoms with E-state index in [2.05, 4.69) is 36.5 Å². The van der Waals surface area contributed by atoms with E-state index in [9.17, 15) is 0 Å². The first-order valence-electron chi connectivity index (χ1n) is 4.01. The van der Waals surface area contributed by atoms with Crippen LogP contribution in [0.25, 0.3) is 5.70 Å². The molecule has 0 bridgehead atoms. The molecule has 1 aliphatic rings. The van der Waals surface area contributed by atoms with E-state index >= 15 is 0 Å². The van der Waals surface area contributed by atoms with Crippen LogP contribution in [-0.2, 0) is 0 Å². The van der Waals surface area contributed by atoms with Gasteiger partial charge in [0.15, 0.2) is 0 Å². The Morgan fingerprint density at radius 3 is 2.42 bits per heavy atom. The molecule has 0 amide bonds. The standard InChI is InChI=1S/C11H10N/c1-9-4-6-10(7-5-9)11-3-2-8-12-11/h2-8H,1H3. The van der Waals surface area contributed by atoms with Crippen LogP contribution >= 0.6 is 0 Å². The van der Waals surface area contributed by atoms with Crippen molar-refractivity contribution < 1.29 is 0 Å². The van der Waals surface area contributed by atoms with Gasteiger partial charge in [-0.15, -0.1) is 0 Å². The molecule has 0 spiro atoms. The summed E-state index contributed by atoms with van der Waals surface area (Å²) < 4.78 is 0. The number of rotatable bonds is 1. The van der Waals surface area contributed by atoms with Gasteiger partial charge in [-0.3, -0.25) is 5.32 Å². The molecule has 0 saturated heterocycles.